The van der Waals surface area contributed by atoms with Crippen molar-refractivity contribution in [2.24, 2.45) is 0 Å². The number of carbonyl (C=O) groups is 1. The maximum absolute atomic E-state index is 11.9. The number of anilines is 1. The quantitative estimate of drug-likeness (QED) is 0.607. The molecule has 0 aliphatic heterocycles. The Morgan fingerprint density at radius 3 is 2.65 bits per heavy atom. The van der Waals surface area contributed by atoms with Gasteiger partial charge in [0, 0.05) is 11.0 Å². The van der Waals surface area contributed by atoms with E-state index in [1.807, 2.05) is 17.5 Å². The summed E-state index contributed by atoms with van der Waals surface area (Å²) in [4.78, 5) is 23.3. The molecule has 1 aromatic carbocycles. The summed E-state index contributed by atoms with van der Waals surface area (Å²) in [5.41, 5.74) is -0.737. The van der Waals surface area contributed by atoms with Gasteiger partial charge in [0.1, 0.15) is 11.3 Å². The second-order valence-corrected chi connectivity index (χ2v) is 7.92. The normalized spacial score (nSPS) is 11.1. The Balaban J connectivity index is 2.23. The standard InChI is InChI=1S/C15H16N2O4S2/c1-15(2,3)21-14(18)16-11-9-10(6-7-12(11)17(19)20)23-13-5-4-8-22-13/h4-9H,1-3H3,(H,16,18). The van der Waals surface area contributed by atoms with Crippen LogP contribution in [0.4, 0.5) is 16.2 Å². The third kappa shape index (κ3) is 5.26. The summed E-state index contributed by atoms with van der Waals surface area (Å²) in [5.74, 6) is 0. The first-order chi connectivity index (χ1) is 10.7. The van der Waals surface area contributed by atoms with Gasteiger partial charge in [0.15, 0.2) is 0 Å². The van der Waals surface area contributed by atoms with Crippen molar-refractivity contribution >= 4 is 40.6 Å². The SMILES string of the molecule is CC(C)(C)OC(=O)Nc1cc(Sc2cccs2)ccc1[N+](=O)[O-]. The largest absolute Gasteiger partial charge is 0.444 e. The van der Waals surface area contributed by atoms with Gasteiger partial charge in [-0.2, -0.15) is 0 Å². The third-order valence-electron chi connectivity index (χ3n) is 2.51. The molecular formula is C15H16N2O4S2. The zero-order valence-electron chi connectivity index (χ0n) is 12.9. The van der Waals surface area contributed by atoms with Gasteiger partial charge in [-0.25, -0.2) is 4.79 Å². The van der Waals surface area contributed by atoms with E-state index in [0.717, 1.165) is 9.10 Å². The minimum atomic E-state index is -0.723. The maximum atomic E-state index is 11.9. The van der Waals surface area contributed by atoms with Crippen molar-refractivity contribution in [3.05, 3.63) is 45.8 Å². The molecule has 6 nitrogen and oxygen atoms in total. The lowest BCUT2D eigenvalue weighted by atomic mass is 10.2. The van der Waals surface area contributed by atoms with Crippen LogP contribution in [-0.4, -0.2) is 16.6 Å². The van der Waals surface area contributed by atoms with Gasteiger partial charge in [-0.3, -0.25) is 15.4 Å². The van der Waals surface area contributed by atoms with Crippen LogP contribution >= 0.6 is 23.1 Å². The van der Waals surface area contributed by atoms with Crippen molar-refractivity contribution in [1.82, 2.24) is 0 Å². The van der Waals surface area contributed by atoms with Crippen LogP contribution in [0.1, 0.15) is 20.8 Å². The molecule has 2 rings (SSSR count). The average molecular weight is 352 g/mol. The molecule has 23 heavy (non-hydrogen) atoms. The van der Waals surface area contributed by atoms with Gasteiger partial charge in [0.05, 0.1) is 9.13 Å². The summed E-state index contributed by atoms with van der Waals surface area (Å²) in [6.07, 6.45) is -0.723. The topological polar surface area (TPSA) is 81.5 Å². The summed E-state index contributed by atoms with van der Waals surface area (Å²) in [6.45, 7) is 5.18. The van der Waals surface area contributed by atoms with E-state index in [2.05, 4.69) is 5.32 Å². The molecule has 0 bridgehead atoms. The highest BCUT2D eigenvalue weighted by molar-refractivity contribution is 8.01. The average Bonchev–Trinajstić information content (AvgIpc) is 2.89. The van der Waals surface area contributed by atoms with Gasteiger partial charge in [-0.1, -0.05) is 17.8 Å². The van der Waals surface area contributed by atoms with E-state index in [0.29, 0.717) is 0 Å². The van der Waals surface area contributed by atoms with Crippen LogP contribution in [0, 0.1) is 10.1 Å². The molecule has 1 aromatic heterocycles. The first-order valence-corrected chi connectivity index (χ1v) is 8.44. The highest BCUT2D eigenvalue weighted by Crippen LogP contribution is 2.36. The molecule has 1 heterocycles. The van der Waals surface area contributed by atoms with Crippen LogP contribution in [0.3, 0.4) is 0 Å². The van der Waals surface area contributed by atoms with Crippen LogP contribution in [-0.2, 0) is 4.74 Å². The minimum Gasteiger partial charge on any atom is -0.444 e. The zero-order valence-corrected chi connectivity index (χ0v) is 14.5. The third-order valence-corrected chi connectivity index (χ3v) is 4.54. The molecule has 0 radical (unpaired) electrons. The molecule has 122 valence electrons. The number of hydrogen-bond donors (Lipinski definition) is 1. The first kappa shape index (κ1) is 17.3. The molecule has 1 N–H and O–H groups in total. The van der Waals surface area contributed by atoms with Crippen LogP contribution in [0.5, 0.6) is 0 Å². The second-order valence-electron chi connectivity index (χ2n) is 5.60. The number of thiophene rings is 1. The fraction of sp³-hybridized carbons (Fsp3) is 0.267. The van der Waals surface area contributed by atoms with E-state index in [1.165, 1.54) is 17.8 Å². The van der Waals surface area contributed by atoms with Crippen molar-refractivity contribution in [3.63, 3.8) is 0 Å². The van der Waals surface area contributed by atoms with Gasteiger partial charge in [0.2, 0.25) is 0 Å². The number of ether oxygens (including phenoxy) is 1. The van der Waals surface area contributed by atoms with E-state index in [9.17, 15) is 14.9 Å². The Morgan fingerprint density at radius 1 is 1.35 bits per heavy atom. The number of nitrogens with one attached hydrogen (secondary N) is 1. The van der Waals surface area contributed by atoms with E-state index in [4.69, 9.17) is 4.74 Å². The molecule has 0 saturated carbocycles. The van der Waals surface area contributed by atoms with Gasteiger partial charge in [-0.15, -0.1) is 11.3 Å². The van der Waals surface area contributed by atoms with E-state index in [1.54, 1.807) is 44.2 Å². The zero-order chi connectivity index (χ0) is 17.0. The Kier molecular flexibility index (Phi) is 5.27. The molecule has 0 saturated heterocycles. The molecule has 8 heteroatoms. The van der Waals surface area contributed by atoms with Crippen LogP contribution in [0.2, 0.25) is 0 Å². The number of nitro groups is 1. The van der Waals surface area contributed by atoms with Crippen LogP contribution in [0.25, 0.3) is 0 Å². The summed E-state index contributed by atoms with van der Waals surface area (Å²) < 4.78 is 6.20. The van der Waals surface area contributed by atoms with Gasteiger partial charge in [-0.05, 0) is 44.4 Å². The lowest BCUT2D eigenvalue weighted by molar-refractivity contribution is -0.384. The first-order valence-electron chi connectivity index (χ1n) is 6.74. The monoisotopic (exact) mass is 352 g/mol. The summed E-state index contributed by atoms with van der Waals surface area (Å²) >= 11 is 3.05. The number of nitro benzene ring substituents is 1. The fourth-order valence-corrected chi connectivity index (χ4v) is 3.48. The Morgan fingerprint density at radius 2 is 2.09 bits per heavy atom. The number of carbonyl (C=O) groups excluding carboxylic acids is 1. The molecule has 0 fully saturated rings. The van der Waals surface area contributed by atoms with E-state index in [-0.39, 0.29) is 11.4 Å². The van der Waals surface area contributed by atoms with Crippen LogP contribution in [0.15, 0.2) is 44.8 Å². The lowest BCUT2D eigenvalue weighted by Gasteiger charge is -2.19. The van der Waals surface area contributed by atoms with Gasteiger partial charge in [0.25, 0.3) is 5.69 Å². The summed E-state index contributed by atoms with van der Waals surface area (Å²) in [7, 11) is 0. The van der Waals surface area contributed by atoms with Gasteiger partial charge >= 0.3 is 6.09 Å². The molecule has 0 unspecified atom stereocenters. The highest BCUT2D eigenvalue weighted by atomic mass is 32.2. The number of benzene rings is 1. The van der Waals surface area contributed by atoms with E-state index < -0.39 is 16.6 Å². The summed E-state index contributed by atoms with van der Waals surface area (Å²) in [6, 6.07) is 8.49. The number of rotatable bonds is 4. The molecule has 0 atom stereocenters. The lowest BCUT2D eigenvalue weighted by Crippen LogP contribution is -2.27. The molecule has 1 amide bonds. The van der Waals surface area contributed by atoms with Crippen molar-refractivity contribution < 1.29 is 14.5 Å². The number of nitrogens with zero attached hydrogens (tertiary/aromatic N) is 1. The highest BCUT2D eigenvalue weighted by Gasteiger charge is 2.21. The molecule has 2 aromatic rings. The second kappa shape index (κ2) is 7.01. The number of hydrogen-bond acceptors (Lipinski definition) is 6. The Bertz CT molecular complexity index is 709. The van der Waals surface area contributed by atoms with Crippen LogP contribution < -0.4 is 5.32 Å². The molecule has 0 aliphatic rings. The smallest absolute Gasteiger partial charge is 0.412 e. The molecular weight excluding hydrogens is 336 g/mol. The predicted octanol–water partition coefficient (Wildman–Crippen LogP) is 5.15. The minimum absolute atomic E-state index is 0.116. The van der Waals surface area contributed by atoms with Crippen molar-refractivity contribution in [1.29, 1.82) is 0 Å². The molecule has 0 aliphatic carbocycles. The number of amides is 1. The van der Waals surface area contributed by atoms with Crippen molar-refractivity contribution in [2.75, 3.05) is 5.32 Å². The maximum Gasteiger partial charge on any atom is 0.412 e. The summed E-state index contributed by atoms with van der Waals surface area (Å²) in [5, 5.41) is 15.5. The van der Waals surface area contributed by atoms with Crippen molar-refractivity contribution in [3.8, 4) is 0 Å². The Hall–Kier alpha value is -2.06. The van der Waals surface area contributed by atoms with Crippen molar-refractivity contribution in [2.45, 2.75) is 35.5 Å². The fourth-order valence-electron chi connectivity index (χ4n) is 1.69. The van der Waals surface area contributed by atoms with E-state index >= 15 is 0 Å². The molecule has 0 spiro atoms. The predicted molar refractivity (Wildman–Crippen MR) is 91.4 cm³/mol. The van der Waals surface area contributed by atoms with Gasteiger partial charge < -0.3 is 4.74 Å². The Labute approximate surface area is 142 Å².